The first-order valence-electron chi connectivity index (χ1n) is 10.3. The molecule has 1 amide bonds. The third-order valence-corrected chi connectivity index (χ3v) is 7.33. The monoisotopic (exact) mass is 452 g/mol. The fraction of sp³-hybridized carbons (Fsp3) is 0.261. The minimum atomic E-state index is -3.78. The summed E-state index contributed by atoms with van der Waals surface area (Å²) >= 11 is 0. The first kappa shape index (κ1) is 21.9. The maximum absolute atomic E-state index is 13.1. The Labute approximate surface area is 186 Å². The van der Waals surface area contributed by atoms with E-state index in [1.807, 2.05) is 6.92 Å². The van der Waals surface area contributed by atoms with E-state index < -0.39 is 16.1 Å². The average Bonchev–Trinajstić information content (AvgIpc) is 3.25. The fourth-order valence-electron chi connectivity index (χ4n) is 3.82. The van der Waals surface area contributed by atoms with Gasteiger partial charge in [-0.2, -0.15) is 4.31 Å². The summed E-state index contributed by atoms with van der Waals surface area (Å²) in [5.41, 5.74) is 2.42. The molecule has 2 heterocycles. The molecule has 4 rings (SSSR count). The normalized spacial score (nSPS) is 16.8. The van der Waals surface area contributed by atoms with Crippen molar-refractivity contribution in [3.8, 4) is 11.4 Å². The van der Waals surface area contributed by atoms with Crippen LogP contribution in [-0.4, -0.2) is 41.2 Å². The van der Waals surface area contributed by atoms with Gasteiger partial charge < -0.3 is 10.3 Å². The molecule has 1 aromatic heterocycles. The highest BCUT2D eigenvalue weighted by molar-refractivity contribution is 7.89. The number of rotatable bonds is 5. The van der Waals surface area contributed by atoms with Crippen LogP contribution in [0.2, 0.25) is 0 Å². The standard InChI is InChI=1S/C23H24N4O4S/c1-15-8-10-19(11-9-15)32(30,31)27-12-4-7-20(27)23(29)25-18-6-3-5-17(14-18)22-24-16(2)13-21(28)26-22/h3,5-6,8-11,13-14,20H,4,7,12H2,1-2H3,(H,25,29)(H,24,26,28)/t20-/m0/s1. The zero-order valence-electron chi connectivity index (χ0n) is 17.8. The maximum atomic E-state index is 13.1. The van der Waals surface area contributed by atoms with Gasteiger partial charge in [-0.3, -0.25) is 9.59 Å². The van der Waals surface area contributed by atoms with Crippen LogP contribution in [0.15, 0.2) is 64.3 Å². The summed E-state index contributed by atoms with van der Waals surface area (Å²) in [6, 6.07) is 14.2. The Bertz CT molecular complexity index is 1320. The predicted octanol–water partition coefficient (Wildman–Crippen LogP) is 2.85. The second-order valence-corrected chi connectivity index (χ2v) is 9.78. The summed E-state index contributed by atoms with van der Waals surface area (Å²) in [5, 5.41) is 2.82. The SMILES string of the molecule is Cc1ccc(S(=O)(=O)N2CCC[C@H]2C(=O)Nc2cccc(-c3nc(C)cc(=O)[nH]3)c2)cc1. The van der Waals surface area contributed by atoms with Crippen molar-refractivity contribution in [1.82, 2.24) is 14.3 Å². The van der Waals surface area contributed by atoms with Gasteiger partial charge >= 0.3 is 0 Å². The predicted molar refractivity (Wildman–Crippen MR) is 122 cm³/mol. The van der Waals surface area contributed by atoms with E-state index in [9.17, 15) is 18.0 Å². The molecule has 1 fully saturated rings. The summed E-state index contributed by atoms with van der Waals surface area (Å²) in [6.07, 6.45) is 1.06. The molecule has 0 aliphatic carbocycles. The van der Waals surface area contributed by atoms with Crippen LogP contribution in [0.4, 0.5) is 5.69 Å². The van der Waals surface area contributed by atoms with Crippen molar-refractivity contribution in [2.45, 2.75) is 37.6 Å². The van der Waals surface area contributed by atoms with Gasteiger partial charge in [-0.1, -0.05) is 29.8 Å². The summed E-state index contributed by atoms with van der Waals surface area (Å²) in [6.45, 7) is 3.91. The minimum Gasteiger partial charge on any atom is -0.325 e. The van der Waals surface area contributed by atoms with Gasteiger partial charge in [0.25, 0.3) is 5.56 Å². The van der Waals surface area contributed by atoms with Crippen molar-refractivity contribution < 1.29 is 13.2 Å². The Kier molecular flexibility index (Phi) is 5.94. The first-order chi connectivity index (χ1) is 15.2. The second kappa shape index (κ2) is 8.68. The van der Waals surface area contributed by atoms with Gasteiger partial charge in [0.2, 0.25) is 15.9 Å². The van der Waals surface area contributed by atoms with Crippen molar-refractivity contribution in [3.05, 3.63) is 76.2 Å². The number of H-pyrrole nitrogens is 1. The summed E-state index contributed by atoms with van der Waals surface area (Å²) in [5.74, 6) is 0.0107. The van der Waals surface area contributed by atoms with Crippen LogP contribution < -0.4 is 10.9 Å². The third-order valence-electron chi connectivity index (χ3n) is 5.41. The van der Waals surface area contributed by atoms with Crippen molar-refractivity contribution in [1.29, 1.82) is 0 Å². The number of nitrogens with one attached hydrogen (secondary N) is 2. The van der Waals surface area contributed by atoms with Gasteiger partial charge in [-0.05, 0) is 51.0 Å². The zero-order chi connectivity index (χ0) is 22.9. The van der Waals surface area contributed by atoms with Crippen LogP contribution in [0.1, 0.15) is 24.1 Å². The Hall–Kier alpha value is -3.30. The molecule has 1 aliphatic heterocycles. The second-order valence-electron chi connectivity index (χ2n) is 7.89. The van der Waals surface area contributed by atoms with Crippen molar-refractivity contribution in [2.24, 2.45) is 0 Å². The smallest absolute Gasteiger partial charge is 0.251 e. The number of anilines is 1. The van der Waals surface area contributed by atoms with Gasteiger partial charge in [0, 0.05) is 29.6 Å². The van der Waals surface area contributed by atoms with Crippen LogP contribution in [-0.2, 0) is 14.8 Å². The highest BCUT2D eigenvalue weighted by Gasteiger charge is 2.39. The molecule has 3 aromatic rings. The Morgan fingerprint density at radius 1 is 1.12 bits per heavy atom. The quantitative estimate of drug-likeness (QED) is 0.618. The lowest BCUT2D eigenvalue weighted by Crippen LogP contribution is -2.43. The maximum Gasteiger partial charge on any atom is 0.251 e. The van der Waals surface area contributed by atoms with E-state index in [0.717, 1.165) is 5.56 Å². The van der Waals surface area contributed by atoms with E-state index in [0.29, 0.717) is 42.2 Å². The molecular weight excluding hydrogens is 428 g/mol. The van der Waals surface area contributed by atoms with Crippen molar-refractivity contribution in [3.63, 3.8) is 0 Å². The van der Waals surface area contributed by atoms with Gasteiger partial charge in [-0.15, -0.1) is 0 Å². The van der Waals surface area contributed by atoms with Crippen LogP contribution in [0.25, 0.3) is 11.4 Å². The van der Waals surface area contributed by atoms with E-state index in [2.05, 4.69) is 15.3 Å². The molecule has 0 unspecified atom stereocenters. The first-order valence-corrected chi connectivity index (χ1v) is 11.8. The van der Waals surface area contributed by atoms with Gasteiger partial charge in [0.1, 0.15) is 11.9 Å². The zero-order valence-corrected chi connectivity index (χ0v) is 18.6. The number of aryl methyl sites for hydroxylation is 2. The number of carbonyl (C=O) groups excluding carboxylic acids is 1. The lowest BCUT2D eigenvalue weighted by molar-refractivity contribution is -0.119. The summed E-state index contributed by atoms with van der Waals surface area (Å²) in [4.78, 5) is 32.0. The summed E-state index contributed by atoms with van der Waals surface area (Å²) in [7, 11) is -3.78. The number of nitrogens with zero attached hydrogens (tertiary/aromatic N) is 2. The number of hydrogen-bond acceptors (Lipinski definition) is 5. The number of sulfonamides is 1. The Balaban J connectivity index is 1.56. The number of hydrogen-bond donors (Lipinski definition) is 2. The van der Waals surface area contributed by atoms with E-state index in [1.165, 1.54) is 10.4 Å². The van der Waals surface area contributed by atoms with Crippen molar-refractivity contribution >= 4 is 21.6 Å². The number of amides is 1. The molecule has 2 N–H and O–H groups in total. The van der Waals surface area contributed by atoms with Gasteiger partial charge in [-0.25, -0.2) is 13.4 Å². The average molecular weight is 453 g/mol. The third kappa shape index (κ3) is 4.49. The van der Waals surface area contributed by atoms with E-state index in [-0.39, 0.29) is 16.4 Å². The van der Waals surface area contributed by atoms with Crippen LogP contribution in [0.3, 0.4) is 0 Å². The number of carbonyl (C=O) groups is 1. The number of benzene rings is 2. The van der Waals surface area contributed by atoms with Crippen LogP contribution >= 0.6 is 0 Å². The summed E-state index contributed by atoms with van der Waals surface area (Å²) < 4.78 is 27.5. The molecule has 8 nitrogen and oxygen atoms in total. The lowest BCUT2D eigenvalue weighted by atomic mass is 10.1. The molecular formula is C23H24N4O4S. The van der Waals surface area contributed by atoms with Crippen LogP contribution in [0, 0.1) is 13.8 Å². The minimum absolute atomic E-state index is 0.180. The van der Waals surface area contributed by atoms with Crippen molar-refractivity contribution in [2.75, 3.05) is 11.9 Å². The van der Waals surface area contributed by atoms with E-state index in [1.54, 1.807) is 55.5 Å². The number of aromatic nitrogens is 2. The van der Waals surface area contributed by atoms with E-state index >= 15 is 0 Å². The highest BCUT2D eigenvalue weighted by atomic mass is 32.2. The molecule has 32 heavy (non-hydrogen) atoms. The molecule has 0 radical (unpaired) electrons. The lowest BCUT2D eigenvalue weighted by Gasteiger charge is -2.23. The molecule has 0 spiro atoms. The van der Waals surface area contributed by atoms with E-state index in [4.69, 9.17) is 0 Å². The van der Waals surface area contributed by atoms with Gasteiger partial charge in [0.15, 0.2) is 0 Å². The Morgan fingerprint density at radius 2 is 1.88 bits per heavy atom. The molecule has 2 aromatic carbocycles. The molecule has 9 heteroatoms. The Morgan fingerprint density at radius 3 is 2.59 bits per heavy atom. The topological polar surface area (TPSA) is 112 Å². The molecule has 1 saturated heterocycles. The number of aromatic amines is 1. The molecule has 1 aliphatic rings. The molecule has 0 bridgehead atoms. The fourth-order valence-corrected chi connectivity index (χ4v) is 5.48. The molecule has 1 atom stereocenters. The molecule has 0 saturated carbocycles. The highest BCUT2D eigenvalue weighted by Crippen LogP contribution is 2.28. The van der Waals surface area contributed by atoms with Crippen LogP contribution in [0.5, 0.6) is 0 Å². The molecule has 166 valence electrons. The largest absolute Gasteiger partial charge is 0.325 e. The van der Waals surface area contributed by atoms with Gasteiger partial charge in [0.05, 0.1) is 4.90 Å².